The molecule has 1 aromatic carbocycles. The van der Waals surface area contributed by atoms with Crippen LogP contribution in [0.15, 0.2) is 48.8 Å². The monoisotopic (exact) mass is 473 g/mol. The summed E-state index contributed by atoms with van der Waals surface area (Å²) in [5, 5.41) is 5.86. The highest BCUT2D eigenvalue weighted by atomic mass is 35.5. The topological polar surface area (TPSA) is 89.5 Å². The Morgan fingerprint density at radius 2 is 1.81 bits per heavy atom. The summed E-state index contributed by atoms with van der Waals surface area (Å²) < 4.78 is 33.7. The van der Waals surface area contributed by atoms with E-state index in [1.54, 1.807) is 12.1 Å². The molecule has 2 amide bonds. The van der Waals surface area contributed by atoms with Crippen molar-refractivity contribution < 1.29 is 27.8 Å². The molecule has 166 valence electrons. The SMILES string of the molecule is C=C(CCC(=O)NCc1ccc(OC(F)F)cn1)NC(=O)COc1ccc(Cl)c(Cl)c1. The first kappa shape index (κ1) is 24.4. The van der Waals surface area contributed by atoms with Crippen molar-refractivity contribution in [2.45, 2.75) is 26.0 Å². The molecule has 0 bridgehead atoms. The van der Waals surface area contributed by atoms with Gasteiger partial charge in [-0.25, -0.2) is 0 Å². The summed E-state index contributed by atoms with van der Waals surface area (Å²) in [7, 11) is 0. The van der Waals surface area contributed by atoms with E-state index in [0.717, 1.165) is 6.20 Å². The summed E-state index contributed by atoms with van der Waals surface area (Å²) in [4.78, 5) is 27.7. The molecule has 7 nitrogen and oxygen atoms in total. The number of hydrogen-bond donors (Lipinski definition) is 2. The second kappa shape index (κ2) is 12.1. The van der Waals surface area contributed by atoms with E-state index < -0.39 is 12.5 Å². The molecule has 0 saturated carbocycles. The van der Waals surface area contributed by atoms with Crippen LogP contribution in [0.3, 0.4) is 0 Å². The lowest BCUT2D eigenvalue weighted by molar-refractivity contribution is -0.123. The molecule has 0 aliphatic rings. The predicted octanol–water partition coefficient (Wildman–Crippen LogP) is 4.10. The predicted molar refractivity (Wildman–Crippen MR) is 111 cm³/mol. The molecule has 0 fully saturated rings. The number of carbonyl (C=O) groups is 2. The first-order chi connectivity index (χ1) is 14.7. The minimum absolute atomic E-state index is 0.0692. The van der Waals surface area contributed by atoms with Crippen LogP contribution in [0.5, 0.6) is 11.5 Å². The average Bonchev–Trinajstić information content (AvgIpc) is 2.72. The molecule has 31 heavy (non-hydrogen) atoms. The average molecular weight is 474 g/mol. The van der Waals surface area contributed by atoms with Gasteiger partial charge in [0.15, 0.2) is 6.61 Å². The Hall–Kier alpha value is -2.91. The lowest BCUT2D eigenvalue weighted by atomic mass is 10.2. The van der Waals surface area contributed by atoms with Crippen molar-refractivity contribution in [2.75, 3.05) is 6.61 Å². The van der Waals surface area contributed by atoms with E-state index in [2.05, 4.69) is 26.9 Å². The number of alkyl halides is 2. The number of nitrogens with zero attached hydrogens (tertiary/aromatic N) is 1. The number of halogens is 4. The fraction of sp³-hybridized carbons (Fsp3) is 0.250. The Kier molecular flexibility index (Phi) is 9.48. The molecule has 2 rings (SSSR count). The molecule has 2 aromatic rings. The largest absolute Gasteiger partial charge is 0.484 e. The summed E-state index contributed by atoms with van der Waals surface area (Å²) in [6.07, 6.45) is 1.45. The number of nitrogens with one attached hydrogen (secondary N) is 2. The zero-order chi connectivity index (χ0) is 22.8. The Balaban J connectivity index is 1.65. The van der Waals surface area contributed by atoms with Crippen molar-refractivity contribution in [1.82, 2.24) is 15.6 Å². The minimum Gasteiger partial charge on any atom is -0.484 e. The number of amides is 2. The Labute approximate surface area is 187 Å². The van der Waals surface area contributed by atoms with Crippen molar-refractivity contribution in [3.8, 4) is 11.5 Å². The molecule has 0 radical (unpaired) electrons. The van der Waals surface area contributed by atoms with Gasteiger partial charge >= 0.3 is 6.61 Å². The van der Waals surface area contributed by atoms with E-state index in [0.29, 0.717) is 27.2 Å². The Morgan fingerprint density at radius 3 is 2.45 bits per heavy atom. The zero-order valence-corrected chi connectivity index (χ0v) is 17.7. The van der Waals surface area contributed by atoms with Crippen molar-refractivity contribution in [3.63, 3.8) is 0 Å². The number of pyridine rings is 1. The van der Waals surface area contributed by atoms with Gasteiger partial charge in [0, 0.05) is 18.2 Å². The molecule has 0 atom stereocenters. The molecule has 0 saturated heterocycles. The lowest BCUT2D eigenvalue weighted by Crippen LogP contribution is -2.29. The number of carbonyl (C=O) groups excluding carboxylic acids is 2. The van der Waals surface area contributed by atoms with Gasteiger partial charge in [0.2, 0.25) is 5.91 Å². The summed E-state index contributed by atoms with van der Waals surface area (Å²) in [5.74, 6) is -0.416. The first-order valence-corrected chi connectivity index (χ1v) is 9.70. The number of allylic oxidation sites excluding steroid dienone is 1. The third kappa shape index (κ3) is 9.18. The van der Waals surface area contributed by atoms with Gasteiger partial charge in [-0.1, -0.05) is 29.8 Å². The van der Waals surface area contributed by atoms with Gasteiger partial charge < -0.3 is 20.1 Å². The Bertz CT molecular complexity index is 927. The number of ether oxygens (including phenoxy) is 2. The first-order valence-electron chi connectivity index (χ1n) is 8.95. The van der Waals surface area contributed by atoms with Gasteiger partial charge in [0.25, 0.3) is 5.91 Å². The van der Waals surface area contributed by atoms with Crippen molar-refractivity contribution in [2.24, 2.45) is 0 Å². The van der Waals surface area contributed by atoms with Crippen molar-refractivity contribution in [1.29, 1.82) is 0 Å². The normalized spacial score (nSPS) is 10.5. The molecular weight excluding hydrogens is 455 g/mol. The van der Waals surface area contributed by atoms with Crippen LogP contribution >= 0.6 is 23.2 Å². The standard InChI is InChI=1S/C20H19Cl2F2N3O4/c1-12(27-19(29)11-30-14-5-6-16(21)17(22)8-14)2-7-18(28)26-9-13-3-4-15(10-25-13)31-20(23)24/h3-6,8,10,20H,1-2,7,9,11H2,(H,26,28)(H,27,29). The summed E-state index contributed by atoms with van der Waals surface area (Å²) >= 11 is 11.7. The maximum absolute atomic E-state index is 12.1. The second-order valence-electron chi connectivity index (χ2n) is 6.16. The summed E-state index contributed by atoms with van der Waals surface area (Å²) in [6, 6.07) is 7.41. The fourth-order valence-corrected chi connectivity index (χ4v) is 2.53. The highest BCUT2D eigenvalue weighted by Gasteiger charge is 2.09. The van der Waals surface area contributed by atoms with Gasteiger partial charge in [0.05, 0.1) is 28.5 Å². The number of rotatable bonds is 11. The van der Waals surface area contributed by atoms with E-state index >= 15 is 0 Å². The molecule has 0 unspecified atom stereocenters. The summed E-state index contributed by atoms with van der Waals surface area (Å²) in [5.41, 5.74) is 0.825. The van der Waals surface area contributed by atoms with Crippen LogP contribution in [0.1, 0.15) is 18.5 Å². The highest BCUT2D eigenvalue weighted by Crippen LogP contribution is 2.26. The van der Waals surface area contributed by atoms with Gasteiger partial charge in [-0.05, 0) is 30.7 Å². The van der Waals surface area contributed by atoms with E-state index in [9.17, 15) is 18.4 Å². The summed E-state index contributed by atoms with van der Waals surface area (Å²) in [6.45, 7) is 0.629. The van der Waals surface area contributed by atoms with Gasteiger partial charge in [0.1, 0.15) is 11.5 Å². The maximum atomic E-state index is 12.1. The van der Waals surface area contributed by atoms with Crippen LogP contribution in [0, 0.1) is 0 Å². The van der Waals surface area contributed by atoms with Crippen LogP contribution in [-0.2, 0) is 16.1 Å². The van der Waals surface area contributed by atoms with E-state index in [1.807, 2.05) is 0 Å². The Morgan fingerprint density at radius 1 is 1.06 bits per heavy atom. The third-order valence-corrected chi connectivity index (χ3v) is 4.46. The molecule has 2 N–H and O–H groups in total. The lowest BCUT2D eigenvalue weighted by Gasteiger charge is -2.10. The number of aromatic nitrogens is 1. The minimum atomic E-state index is -2.93. The quantitative estimate of drug-likeness (QED) is 0.512. The fourth-order valence-electron chi connectivity index (χ4n) is 2.24. The van der Waals surface area contributed by atoms with Crippen LogP contribution in [-0.4, -0.2) is 30.0 Å². The van der Waals surface area contributed by atoms with E-state index in [4.69, 9.17) is 27.9 Å². The van der Waals surface area contributed by atoms with Gasteiger partial charge in [-0.15, -0.1) is 0 Å². The van der Waals surface area contributed by atoms with Gasteiger partial charge in [-0.2, -0.15) is 8.78 Å². The van der Waals surface area contributed by atoms with Crippen LogP contribution < -0.4 is 20.1 Å². The molecule has 11 heteroatoms. The molecule has 0 spiro atoms. The van der Waals surface area contributed by atoms with Crippen LogP contribution in [0.2, 0.25) is 10.0 Å². The van der Waals surface area contributed by atoms with E-state index in [1.165, 1.54) is 18.2 Å². The smallest absolute Gasteiger partial charge is 0.387 e. The molecule has 0 aliphatic carbocycles. The van der Waals surface area contributed by atoms with Crippen molar-refractivity contribution in [3.05, 3.63) is 64.5 Å². The number of benzene rings is 1. The van der Waals surface area contributed by atoms with Crippen LogP contribution in [0.25, 0.3) is 0 Å². The highest BCUT2D eigenvalue weighted by molar-refractivity contribution is 6.42. The number of hydrogen-bond acceptors (Lipinski definition) is 5. The van der Waals surface area contributed by atoms with Gasteiger partial charge in [-0.3, -0.25) is 14.6 Å². The second-order valence-corrected chi connectivity index (χ2v) is 6.97. The van der Waals surface area contributed by atoms with Crippen molar-refractivity contribution >= 4 is 35.0 Å². The third-order valence-electron chi connectivity index (χ3n) is 3.72. The molecule has 1 aromatic heterocycles. The molecule has 1 heterocycles. The zero-order valence-electron chi connectivity index (χ0n) is 16.2. The maximum Gasteiger partial charge on any atom is 0.387 e. The van der Waals surface area contributed by atoms with Crippen LogP contribution in [0.4, 0.5) is 8.78 Å². The van der Waals surface area contributed by atoms with E-state index in [-0.39, 0.29) is 37.6 Å². The molecule has 0 aliphatic heterocycles. The molecular formula is C20H19Cl2F2N3O4.